The van der Waals surface area contributed by atoms with Crippen molar-refractivity contribution in [2.24, 2.45) is 10.3 Å². The van der Waals surface area contributed by atoms with Gasteiger partial charge in [-0.15, -0.1) is 4.91 Å². The highest BCUT2D eigenvalue weighted by atomic mass is 16.6. The van der Waals surface area contributed by atoms with E-state index >= 15 is 0 Å². The van der Waals surface area contributed by atoms with Gasteiger partial charge in [0.25, 0.3) is 0 Å². The molecule has 0 saturated carbocycles. The molecule has 1 aliphatic heterocycles. The molecule has 1 saturated heterocycles. The molecule has 0 bridgehead atoms. The van der Waals surface area contributed by atoms with Crippen LogP contribution in [0.25, 0.3) is 16.5 Å². The van der Waals surface area contributed by atoms with Crippen LogP contribution in [0.5, 0.6) is 0 Å². The molecule has 0 spiro atoms. The second-order valence-electron chi connectivity index (χ2n) is 5.82. The van der Waals surface area contributed by atoms with Gasteiger partial charge < -0.3 is 9.47 Å². The Morgan fingerprint density at radius 3 is 2.28 bits per heavy atom. The molecule has 1 aromatic carbocycles. The van der Waals surface area contributed by atoms with Gasteiger partial charge >= 0.3 is 17.6 Å². The third-order valence-corrected chi connectivity index (χ3v) is 4.17. The summed E-state index contributed by atoms with van der Waals surface area (Å²) in [7, 11) is 0. The van der Waals surface area contributed by atoms with Gasteiger partial charge in [-0.3, -0.25) is 9.69 Å². The van der Waals surface area contributed by atoms with Crippen LogP contribution >= 0.6 is 0 Å². The molecular weight excluding hydrogens is 382 g/mol. The summed E-state index contributed by atoms with van der Waals surface area (Å²) in [5.74, 6) is -3.62. The maximum Gasteiger partial charge on any atom is 0.371 e. The number of hydrogen-bond donors (Lipinski definition) is 0. The second-order valence-corrected chi connectivity index (χ2v) is 5.82. The number of carbonyl (C=O) groups is 3. The van der Waals surface area contributed by atoms with Gasteiger partial charge in [-0.2, -0.15) is 0 Å². The fourth-order valence-corrected chi connectivity index (χ4v) is 2.87. The van der Waals surface area contributed by atoms with Crippen LogP contribution in [0, 0.1) is 4.91 Å². The van der Waals surface area contributed by atoms with Gasteiger partial charge in [0.1, 0.15) is 6.04 Å². The predicted molar refractivity (Wildman–Crippen MR) is 101 cm³/mol. The Morgan fingerprint density at radius 2 is 1.79 bits per heavy atom. The molecule has 2 rings (SSSR count). The highest BCUT2D eigenvalue weighted by Crippen LogP contribution is 2.36. The van der Waals surface area contributed by atoms with E-state index in [0.29, 0.717) is 4.90 Å². The molecule has 1 aliphatic rings. The first kappa shape index (κ1) is 21.6. The molecule has 0 N–H and O–H groups in total. The van der Waals surface area contributed by atoms with Crippen LogP contribution in [0.2, 0.25) is 0 Å². The second kappa shape index (κ2) is 9.47. The fourth-order valence-electron chi connectivity index (χ4n) is 2.87. The normalized spacial score (nSPS) is 18.6. The van der Waals surface area contributed by atoms with Gasteiger partial charge in [-0.05, 0) is 30.1 Å². The highest BCUT2D eigenvalue weighted by Gasteiger charge is 2.66. The van der Waals surface area contributed by atoms with Crippen molar-refractivity contribution in [3.05, 3.63) is 57.3 Å². The number of nitrogens with zero attached hydrogens (tertiary/aromatic N) is 5. The Morgan fingerprint density at radius 1 is 1.21 bits per heavy atom. The van der Waals surface area contributed by atoms with Crippen molar-refractivity contribution in [3.8, 4) is 0 Å². The molecule has 11 heteroatoms. The first-order chi connectivity index (χ1) is 14.0. The lowest BCUT2D eigenvalue weighted by atomic mass is 9.89. The summed E-state index contributed by atoms with van der Waals surface area (Å²) in [6, 6.07) is 6.56. The van der Waals surface area contributed by atoms with Crippen molar-refractivity contribution in [1.82, 2.24) is 4.90 Å². The van der Waals surface area contributed by atoms with Gasteiger partial charge in [0, 0.05) is 4.91 Å². The van der Waals surface area contributed by atoms with E-state index in [2.05, 4.69) is 15.2 Å². The first-order valence-electron chi connectivity index (χ1n) is 8.77. The molecule has 0 aliphatic carbocycles. The van der Waals surface area contributed by atoms with E-state index in [4.69, 9.17) is 15.0 Å². The molecule has 11 nitrogen and oxygen atoms in total. The number of ether oxygens (including phenoxy) is 2. The summed E-state index contributed by atoms with van der Waals surface area (Å²) in [4.78, 5) is 52.7. The van der Waals surface area contributed by atoms with Crippen molar-refractivity contribution in [2.45, 2.75) is 31.6 Å². The molecule has 1 amide bonds. The Bertz CT molecular complexity index is 847. The number of likely N-dealkylation sites (tertiary alicyclic amines) is 1. The fraction of sp³-hybridized carbons (Fsp3) is 0.389. The Kier molecular flexibility index (Phi) is 7.05. The standard InChI is InChI=1S/C18H19N5O6/c1-3-28-16(25)18(21-27,17(26)29-4-2)23-13(14(15(23)24)20-22-19)11-10-12-8-6-5-7-9-12/h5-11,13-14H,3-4H2,1-2H3/b11-10+/t13-,14+/m1/s1. The zero-order valence-electron chi connectivity index (χ0n) is 15.8. The zero-order chi connectivity index (χ0) is 21.4. The maximum absolute atomic E-state index is 12.6. The molecule has 0 unspecified atom stereocenters. The summed E-state index contributed by atoms with van der Waals surface area (Å²) in [6.07, 6.45) is 3.03. The monoisotopic (exact) mass is 401 g/mol. The van der Waals surface area contributed by atoms with E-state index in [1.165, 1.54) is 19.9 Å². The Balaban J connectivity index is 2.53. The van der Waals surface area contributed by atoms with Crippen molar-refractivity contribution in [3.63, 3.8) is 0 Å². The molecule has 152 valence electrons. The highest BCUT2D eigenvalue weighted by molar-refractivity contribution is 6.10. The van der Waals surface area contributed by atoms with Gasteiger partial charge in [-0.1, -0.05) is 47.6 Å². The quantitative estimate of drug-likeness (QED) is 0.118. The van der Waals surface area contributed by atoms with Gasteiger partial charge in [-0.25, -0.2) is 9.59 Å². The molecule has 1 fully saturated rings. The minimum atomic E-state index is -2.88. The van der Waals surface area contributed by atoms with Crippen LogP contribution in [-0.4, -0.2) is 53.7 Å². The number of azide groups is 1. The molecule has 2 atom stereocenters. The van der Waals surface area contributed by atoms with Gasteiger partial charge in [0.05, 0.1) is 19.3 Å². The number of benzene rings is 1. The third kappa shape index (κ3) is 3.94. The lowest BCUT2D eigenvalue weighted by Crippen LogP contribution is -2.75. The van der Waals surface area contributed by atoms with Crippen LogP contribution in [0.15, 0.2) is 46.7 Å². The van der Waals surface area contributed by atoms with E-state index in [0.717, 1.165) is 5.56 Å². The number of rotatable bonds is 9. The number of hydrogen-bond acceptors (Lipinski definition) is 8. The van der Waals surface area contributed by atoms with Gasteiger partial charge in [0.2, 0.25) is 5.91 Å². The summed E-state index contributed by atoms with van der Waals surface area (Å²) in [5.41, 5.74) is 6.61. The lowest BCUT2D eigenvalue weighted by Gasteiger charge is -2.48. The van der Waals surface area contributed by atoms with E-state index in [1.54, 1.807) is 30.3 Å². The lowest BCUT2D eigenvalue weighted by molar-refractivity contribution is -0.188. The number of esters is 2. The number of carbonyl (C=O) groups excluding carboxylic acids is 3. The smallest absolute Gasteiger partial charge is 0.371 e. The van der Waals surface area contributed by atoms with E-state index in [9.17, 15) is 19.3 Å². The Hall–Kier alpha value is -3.72. The minimum Gasteiger partial charge on any atom is -0.462 e. The zero-order valence-corrected chi connectivity index (χ0v) is 15.8. The van der Waals surface area contributed by atoms with Crippen LogP contribution in [0.3, 0.4) is 0 Å². The molecule has 1 aromatic rings. The van der Waals surface area contributed by atoms with E-state index < -0.39 is 35.6 Å². The summed E-state index contributed by atoms with van der Waals surface area (Å²) in [5, 5.41) is 6.07. The van der Waals surface area contributed by atoms with Crippen molar-refractivity contribution >= 4 is 23.9 Å². The molecule has 0 radical (unpaired) electrons. The average Bonchev–Trinajstić information content (AvgIpc) is 2.73. The average molecular weight is 401 g/mol. The van der Waals surface area contributed by atoms with Crippen LogP contribution in [0.4, 0.5) is 0 Å². The predicted octanol–water partition coefficient (Wildman–Crippen LogP) is 2.18. The number of β-lactam (4-membered cyclic amide) rings is 1. The van der Waals surface area contributed by atoms with Crippen molar-refractivity contribution < 1.29 is 23.9 Å². The van der Waals surface area contributed by atoms with Gasteiger partial charge in [0.15, 0.2) is 0 Å². The summed E-state index contributed by atoms with van der Waals surface area (Å²) < 4.78 is 9.64. The van der Waals surface area contributed by atoms with Crippen molar-refractivity contribution in [1.29, 1.82) is 0 Å². The summed E-state index contributed by atoms with van der Waals surface area (Å²) >= 11 is 0. The van der Waals surface area contributed by atoms with Crippen LogP contribution in [-0.2, 0) is 23.9 Å². The van der Waals surface area contributed by atoms with E-state index in [1.807, 2.05) is 6.07 Å². The topological polar surface area (TPSA) is 151 Å². The molecule has 0 aromatic heterocycles. The molecular formula is C18H19N5O6. The maximum atomic E-state index is 12.6. The largest absolute Gasteiger partial charge is 0.462 e. The van der Waals surface area contributed by atoms with Crippen molar-refractivity contribution in [2.75, 3.05) is 13.2 Å². The molecule has 1 heterocycles. The van der Waals surface area contributed by atoms with Crippen LogP contribution in [0.1, 0.15) is 19.4 Å². The number of amides is 1. The summed E-state index contributed by atoms with van der Waals surface area (Å²) in [6.45, 7) is 2.60. The minimum absolute atomic E-state index is 0.165. The first-order valence-corrected chi connectivity index (χ1v) is 8.77. The Labute approximate surface area is 165 Å². The third-order valence-electron chi connectivity index (χ3n) is 4.17. The van der Waals surface area contributed by atoms with Crippen LogP contribution < -0.4 is 0 Å². The SMILES string of the molecule is CCOC(=O)C(N=O)(C(=O)OCC)N1C(=O)[C@@H](N=[N+]=[N-])[C@H]1/C=C/c1ccccc1. The number of nitroso groups, excluding NO2 is 1. The molecule has 29 heavy (non-hydrogen) atoms. The van der Waals surface area contributed by atoms with E-state index in [-0.39, 0.29) is 13.2 Å².